The minimum Gasteiger partial charge on any atom is -0.458 e. The molecule has 0 aliphatic carbocycles. The van der Waals surface area contributed by atoms with Gasteiger partial charge in [0.1, 0.15) is 18.9 Å². The summed E-state index contributed by atoms with van der Waals surface area (Å²) in [7, 11) is 1.90. The standard InChI is InChI=1S/C7H9N3O2S/c1-10-5-8-9-7(10)13-4-6-11-2-3-12-6/h2-3,5-6H,4H2,1H3. The minimum absolute atomic E-state index is 0.193. The molecule has 0 bridgehead atoms. The summed E-state index contributed by atoms with van der Waals surface area (Å²) < 4.78 is 12.1. The van der Waals surface area contributed by atoms with E-state index in [1.807, 2.05) is 11.6 Å². The van der Waals surface area contributed by atoms with E-state index in [0.29, 0.717) is 5.75 Å². The van der Waals surface area contributed by atoms with Crippen molar-refractivity contribution in [2.24, 2.45) is 7.05 Å². The molecule has 0 N–H and O–H groups in total. The lowest BCUT2D eigenvalue weighted by Crippen LogP contribution is -2.10. The summed E-state index contributed by atoms with van der Waals surface area (Å²) in [5.74, 6) is 0.708. The molecule has 0 radical (unpaired) electrons. The van der Waals surface area contributed by atoms with Crippen molar-refractivity contribution in [1.82, 2.24) is 14.8 Å². The molecule has 1 aliphatic rings. The van der Waals surface area contributed by atoms with Crippen molar-refractivity contribution >= 4 is 11.8 Å². The van der Waals surface area contributed by atoms with Gasteiger partial charge < -0.3 is 14.0 Å². The minimum atomic E-state index is -0.193. The Hall–Kier alpha value is -1.17. The topological polar surface area (TPSA) is 49.2 Å². The fourth-order valence-electron chi connectivity index (χ4n) is 0.896. The number of hydrogen-bond acceptors (Lipinski definition) is 5. The van der Waals surface area contributed by atoms with E-state index in [2.05, 4.69) is 10.2 Å². The Morgan fingerprint density at radius 3 is 2.92 bits per heavy atom. The van der Waals surface area contributed by atoms with Gasteiger partial charge in [-0.1, -0.05) is 11.8 Å². The first-order valence-electron chi connectivity index (χ1n) is 3.79. The van der Waals surface area contributed by atoms with Crippen LogP contribution in [0.1, 0.15) is 0 Å². The molecule has 0 spiro atoms. The predicted molar refractivity (Wildman–Crippen MR) is 46.8 cm³/mol. The molecule has 6 heteroatoms. The summed E-state index contributed by atoms with van der Waals surface area (Å²) in [6.45, 7) is 0. The van der Waals surface area contributed by atoms with Gasteiger partial charge in [0.2, 0.25) is 6.29 Å². The average molecular weight is 199 g/mol. The first kappa shape index (κ1) is 8.43. The molecule has 0 atom stereocenters. The number of aromatic nitrogens is 3. The first-order chi connectivity index (χ1) is 6.36. The van der Waals surface area contributed by atoms with E-state index in [1.165, 1.54) is 0 Å². The third-order valence-electron chi connectivity index (χ3n) is 1.53. The van der Waals surface area contributed by atoms with Gasteiger partial charge in [-0.3, -0.25) is 0 Å². The number of rotatable bonds is 3. The predicted octanol–water partition coefficient (Wildman–Crippen LogP) is 0.751. The Morgan fingerprint density at radius 1 is 1.54 bits per heavy atom. The van der Waals surface area contributed by atoms with Gasteiger partial charge in [0.05, 0.1) is 5.75 Å². The Bertz CT molecular complexity index is 304. The zero-order chi connectivity index (χ0) is 9.10. The normalized spacial score (nSPS) is 15.8. The van der Waals surface area contributed by atoms with Gasteiger partial charge >= 0.3 is 0 Å². The van der Waals surface area contributed by atoms with E-state index in [0.717, 1.165) is 5.16 Å². The molecule has 0 fully saturated rings. The van der Waals surface area contributed by atoms with Crippen LogP contribution in [0, 0.1) is 0 Å². The third-order valence-corrected chi connectivity index (χ3v) is 2.60. The van der Waals surface area contributed by atoms with Crippen LogP contribution in [-0.2, 0) is 16.5 Å². The summed E-state index contributed by atoms with van der Waals surface area (Å²) >= 11 is 1.55. The van der Waals surface area contributed by atoms with Crippen molar-refractivity contribution in [2.75, 3.05) is 5.75 Å². The third kappa shape index (κ3) is 1.95. The van der Waals surface area contributed by atoms with Crippen molar-refractivity contribution in [3.8, 4) is 0 Å². The molecule has 0 aromatic carbocycles. The molecule has 0 saturated heterocycles. The maximum Gasteiger partial charge on any atom is 0.249 e. The summed E-state index contributed by atoms with van der Waals surface area (Å²) in [6.07, 6.45) is 4.56. The van der Waals surface area contributed by atoms with Crippen LogP contribution in [-0.4, -0.2) is 26.8 Å². The molecule has 13 heavy (non-hydrogen) atoms. The van der Waals surface area contributed by atoms with Crippen LogP contribution in [0.3, 0.4) is 0 Å². The van der Waals surface area contributed by atoms with Crippen molar-refractivity contribution < 1.29 is 9.47 Å². The molecule has 0 amide bonds. The summed E-state index contributed by atoms with van der Waals surface area (Å²) in [4.78, 5) is 0. The molecule has 2 heterocycles. The van der Waals surface area contributed by atoms with Gasteiger partial charge in [0.15, 0.2) is 5.16 Å². The SMILES string of the molecule is Cn1cnnc1SCC1OC=CO1. The smallest absolute Gasteiger partial charge is 0.249 e. The fraction of sp³-hybridized carbons (Fsp3) is 0.429. The van der Waals surface area contributed by atoms with Gasteiger partial charge in [-0.15, -0.1) is 10.2 Å². The van der Waals surface area contributed by atoms with Crippen LogP contribution >= 0.6 is 11.8 Å². The Morgan fingerprint density at radius 2 is 2.31 bits per heavy atom. The van der Waals surface area contributed by atoms with Crippen LogP contribution in [0.5, 0.6) is 0 Å². The molecule has 1 aliphatic heterocycles. The monoisotopic (exact) mass is 199 g/mol. The lowest BCUT2D eigenvalue weighted by molar-refractivity contribution is -0.00157. The summed E-state index contributed by atoms with van der Waals surface area (Å²) in [5.41, 5.74) is 0. The molecule has 70 valence electrons. The Labute approximate surface area is 79.7 Å². The van der Waals surface area contributed by atoms with Crippen LogP contribution < -0.4 is 0 Å². The number of thioether (sulfide) groups is 1. The average Bonchev–Trinajstić information content (AvgIpc) is 2.72. The largest absolute Gasteiger partial charge is 0.458 e. The molecule has 1 aromatic heterocycles. The van der Waals surface area contributed by atoms with Crippen molar-refractivity contribution in [2.45, 2.75) is 11.4 Å². The fourth-order valence-corrected chi connectivity index (χ4v) is 1.69. The number of nitrogens with zero attached hydrogens (tertiary/aromatic N) is 3. The van der Waals surface area contributed by atoms with Crippen LogP contribution in [0.25, 0.3) is 0 Å². The van der Waals surface area contributed by atoms with Gasteiger partial charge in [-0.05, 0) is 0 Å². The highest BCUT2D eigenvalue weighted by molar-refractivity contribution is 7.99. The molecular formula is C7H9N3O2S. The first-order valence-corrected chi connectivity index (χ1v) is 4.77. The molecule has 5 nitrogen and oxygen atoms in total. The van der Waals surface area contributed by atoms with Crippen LogP contribution in [0.15, 0.2) is 24.0 Å². The maximum absolute atomic E-state index is 5.11. The van der Waals surface area contributed by atoms with Gasteiger partial charge in [-0.25, -0.2) is 0 Å². The van der Waals surface area contributed by atoms with Gasteiger partial charge in [0, 0.05) is 7.05 Å². The highest BCUT2D eigenvalue weighted by atomic mass is 32.2. The summed E-state index contributed by atoms with van der Waals surface area (Å²) in [6, 6.07) is 0. The van der Waals surface area contributed by atoms with E-state index in [1.54, 1.807) is 30.6 Å². The van der Waals surface area contributed by atoms with Crippen molar-refractivity contribution in [3.63, 3.8) is 0 Å². The number of ether oxygens (including phenoxy) is 2. The van der Waals surface area contributed by atoms with Gasteiger partial charge in [-0.2, -0.15) is 0 Å². The van der Waals surface area contributed by atoms with Crippen molar-refractivity contribution in [1.29, 1.82) is 0 Å². The molecule has 2 rings (SSSR count). The van der Waals surface area contributed by atoms with E-state index < -0.39 is 0 Å². The van der Waals surface area contributed by atoms with Crippen LogP contribution in [0.2, 0.25) is 0 Å². The summed E-state index contributed by atoms with van der Waals surface area (Å²) in [5, 5.41) is 8.54. The second-order valence-corrected chi connectivity index (χ2v) is 3.50. The molecule has 0 saturated carbocycles. The van der Waals surface area contributed by atoms with Gasteiger partial charge in [0.25, 0.3) is 0 Å². The molecule has 1 aromatic rings. The zero-order valence-electron chi connectivity index (χ0n) is 7.08. The lowest BCUT2D eigenvalue weighted by atomic mass is 10.8. The maximum atomic E-state index is 5.11. The van der Waals surface area contributed by atoms with E-state index in [9.17, 15) is 0 Å². The Balaban J connectivity index is 1.82. The second kappa shape index (κ2) is 3.69. The number of hydrogen-bond donors (Lipinski definition) is 0. The highest BCUT2D eigenvalue weighted by Crippen LogP contribution is 2.18. The second-order valence-electron chi connectivity index (χ2n) is 2.51. The van der Waals surface area contributed by atoms with Crippen molar-refractivity contribution in [3.05, 3.63) is 18.9 Å². The lowest BCUT2D eigenvalue weighted by Gasteiger charge is -2.08. The zero-order valence-corrected chi connectivity index (χ0v) is 7.90. The van der Waals surface area contributed by atoms with E-state index in [4.69, 9.17) is 9.47 Å². The van der Waals surface area contributed by atoms with E-state index >= 15 is 0 Å². The Kier molecular flexibility index (Phi) is 2.40. The quantitative estimate of drug-likeness (QED) is 0.672. The van der Waals surface area contributed by atoms with Crippen LogP contribution in [0.4, 0.5) is 0 Å². The number of aryl methyl sites for hydroxylation is 1. The molecule has 0 unspecified atom stereocenters. The molecular weight excluding hydrogens is 190 g/mol. The highest BCUT2D eigenvalue weighted by Gasteiger charge is 2.14. The van der Waals surface area contributed by atoms with E-state index in [-0.39, 0.29) is 6.29 Å².